The second-order valence-electron chi connectivity index (χ2n) is 13.0. The number of hydrogen-bond acceptors (Lipinski definition) is 8. The van der Waals surface area contributed by atoms with Gasteiger partial charge in [-0.2, -0.15) is 0 Å². The summed E-state index contributed by atoms with van der Waals surface area (Å²) in [4.78, 5) is 83.4. The Morgan fingerprint density at radius 3 is 2.15 bits per heavy atom. The summed E-state index contributed by atoms with van der Waals surface area (Å²) in [7, 11) is 1.51. The summed E-state index contributed by atoms with van der Waals surface area (Å²) in [6.45, 7) is 0.551. The molecule has 3 heterocycles. The molecule has 0 aromatic rings. The highest BCUT2D eigenvalue weighted by Gasteiger charge is 2.68. The lowest BCUT2D eigenvalue weighted by molar-refractivity contribution is -0.151. The minimum atomic E-state index is -0.923. The van der Waals surface area contributed by atoms with Crippen LogP contribution in [0.25, 0.3) is 0 Å². The van der Waals surface area contributed by atoms with Crippen molar-refractivity contribution in [3.8, 4) is 0 Å². The Morgan fingerprint density at radius 2 is 1.56 bits per heavy atom. The van der Waals surface area contributed by atoms with Crippen molar-refractivity contribution < 1.29 is 28.8 Å². The molecule has 3 aliphatic heterocycles. The van der Waals surface area contributed by atoms with Gasteiger partial charge < -0.3 is 21.7 Å². The van der Waals surface area contributed by atoms with Crippen molar-refractivity contribution >= 4 is 35.7 Å². The average molecular weight is 570 g/mol. The molecule has 41 heavy (non-hydrogen) atoms. The summed E-state index contributed by atoms with van der Waals surface area (Å²) in [5.41, 5.74) is 10.0. The summed E-state index contributed by atoms with van der Waals surface area (Å²) in [6.07, 6.45) is 8.30. The minimum Gasteiger partial charge on any atom is -0.385 e. The smallest absolute Gasteiger partial charge is 0.334 e. The number of urea groups is 2. The van der Waals surface area contributed by atoms with Crippen molar-refractivity contribution in [3.63, 3.8) is 0 Å². The van der Waals surface area contributed by atoms with E-state index in [-0.39, 0.29) is 53.2 Å². The number of nitrogens with zero attached hydrogens (tertiary/aromatic N) is 4. The van der Waals surface area contributed by atoms with Crippen LogP contribution in [0, 0.1) is 11.3 Å². The molecule has 13 heteroatoms. The van der Waals surface area contributed by atoms with Crippen molar-refractivity contribution in [1.82, 2.24) is 24.9 Å². The molecule has 3 saturated carbocycles. The fraction of sp³-hybridized carbons (Fsp3) is 0.714. The van der Waals surface area contributed by atoms with Crippen molar-refractivity contribution in [3.05, 3.63) is 11.4 Å². The Balaban J connectivity index is 1.16. The molecule has 5 N–H and O–H groups in total. The van der Waals surface area contributed by atoms with Crippen LogP contribution in [-0.4, -0.2) is 93.1 Å². The Morgan fingerprint density at radius 1 is 0.878 bits per heavy atom. The minimum absolute atomic E-state index is 0.0332. The van der Waals surface area contributed by atoms with E-state index in [1.54, 1.807) is 4.90 Å². The number of carbonyl (C=O) groups excluding carboxylic acids is 6. The molecule has 2 spiro atoms. The highest BCUT2D eigenvalue weighted by molar-refractivity contribution is 6.29. The Labute approximate surface area is 238 Å². The molecule has 8 amide bonds. The molecule has 0 radical (unpaired) electrons. The number of amides is 8. The molecule has 6 fully saturated rings. The number of barbiturate groups is 1. The summed E-state index contributed by atoms with van der Waals surface area (Å²) in [5.74, 6) is -1.87. The SMILES string of the molecule is CN1C(=O)N(CC2CCCC(=O)N2)C2(CC3(CCC(N4C(=O)C(=C(N)N)C(=O)N(CC5CCC5)C4=O)CC3)C2)C1=O. The zero-order chi connectivity index (χ0) is 29.3. The third kappa shape index (κ3) is 4.26. The van der Waals surface area contributed by atoms with Crippen LogP contribution >= 0.6 is 0 Å². The molecule has 13 nitrogen and oxygen atoms in total. The van der Waals surface area contributed by atoms with E-state index in [0.29, 0.717) is 51.5 Å². The molecular formula is C28H39N7O6. The molecule has 3 aliphatic carbocycles. The summed E-state index contributed by atoms with van der Waals surface area (Å²) >= 11 is 0. The van der Waals surface area contributed by atoms with Gasteiger partial charge in [-0.25, -0.2) is 9.59 Å². The average Bonchev–Trinajstić information content (AvgIpc) is 3.04. The number of nitrogens with one attached hydrogen (secondary N) is 1. The Kier molecular flexibility index (Phi) is 6.53. The van der Waals surface area contributed by atoms with Gasteiger partial charge in [0, 0.05) is 38.6 Å². The number of carbonyl (C=O) groups is 6. The van der Waals surface area contributed by atoms with Crippen molar-refractivity contribution in [2.24, 2.45) is 22.8 Å². The maximum absolute atomic E-state index is 13.5. The van der Waals surface area contributed by atoms with Crippen LogP contribution in [0.1, 0.15) is 77.0 Å². The van der Waals surface area contributed by atoms with E-state index in [1.165, 1.54) is 16.8 Å². The van der Waals surface area contributed by atoms with Gasteiger partial charge in [0.05, 0.1) is 0 Å². The molecular weight excluding hydrogens is 530 g/mol. The van der Waals surface area contributed by atoms with Crippen LogP contribution in [0.3, 0.4) is 0 Å². The van der Waals surface area contributed by atoms with E-state index in [9.17, 15) is 28.8 Å². The molecule has 3 saturated heterocycles. The van der Waals surface area contributed by atoms with Crippen LogP contribution in [0.2, 0.25) is 0 Å². The maximum Gasteiger partial charge on any atom is 0.334 e. The van der Waals surface area contributed by atoms with Gasteiger partial charge in [-0.1, -0.05) is 6.42 Å². The van der Waals surface area contributed by atoms with E-state index in [2.05, 4.69) is 5.32 Å². The predicted octanol–water partition coefficient (Wildman–Crippen LogP) is 0.731. The number of likely N-dealkylation sites (N-methyl/N-ethyl adjacent to an activating group) is 1. The van der Waals surface area contributed by atoms with Crippen LogP contribution < -0.4 is 16.8 Å². The van der Waals surface area contributed by atoms with E-state index < -0.39 is 29.4 Å². The standard InChI is InChI=1S/C28H39N7O6/c1-32-24(39)28(34(25(32)40)13-17-6-3-7-19(36)31-17)14-27(15-28)10-8-18(9-11-27)35-23(38)20(21(29)30)22(37)33(26(35)41)12-16-4-2-5-16/h16-18H,2-15,29-30H2,1H3,(H,31,36). The molecule has 0 bridgehead atoms. The molecule has 0 aromatic heterocycles. The lowest BCUT2D eigenvalue weighted by Crippen LogP contribution is -2.67. The van der Waals surface area contributed by atoms with Gasteiger partial charge in [0.25, 0.3) is 17.7 Å². The first kappa shape index (κ1) is 27.5. The number of nitrogens with two attached hydrogens (primary N) is 2. The third-order valence-electron chi connectivity index (χ3n) is 10.5. The second-order valence-corrected chi connectivity index (χ2v) is 13.0. The van der Waals surface area contributed by atoms with Gasteiger partial charge in [-0.05, 0) is 75.5 Å². The normalized spacial score (nSPS) is 34.5. The zero-order valence-electron chi connectivity index (χ0n) is 23.5. The zero-order valence-corrected chi connectivity index (χ0v) is 23.5. The van der Waals surface area contributed by atoms with Gasteiger partial charge in [-0.15, -0.1) is 0 Å². The lowest BCUT2D eigenvalue weighted by Gasteiger charge is -2.59. The first-order valence-corrected chi connectivity index (χ1v) is 14.8. The van der Waals surface area contributed by atoms with Gasteiger partial charge >= 0.3 is 12.1 Å². The van der Waals surface area contributed by atoms with Crippen LogP contribution in [0.15, 0.2) is 11.4 Å². The van der Waals surface area contributed by atoms with Crippen molar-refractivity contribution in [2.75, 3.05) is 20.1 Å². The molecule has 6 aliphatic rings. The van der Waals surface area contributed by atoms with E-state index in [4.69, 9.17) is 11.5 Å². The number of rotatable bonds is 5. The van der Waals surface area contributed by atoms with Gasteiger partial charge in [0.1, 0.15) is 16.9 Å². The molecule has 0 aromatic carbocycles. The quantitative estimate of drug-likeness (QED) is 0.246. The van der Waals surface area contributed by atoms with Crippen LogP contribution in [0.4, 0.5) is 9.59 Å². The van der Waals surface area contributed by atoms with E-state index >= 15 is 0 Å². The summed E-state index contributed by atoms with van der Waals surface area (Å²) < 4.78 is 0. The Hall–Kier alpha value is -3.64. The number of hydrogen-bond donors (Lipinski definition) is 3. The first-order valence-electron chi connectivity index (χ1n) is 14.8. The summed E-state index contributed by atoms with van der Waals surface area (Å²) in [5, 5.41) is 2.96. The van der Waals surface area contributed by atoms with E-state index in [0.717, 1.165) is 37.0 Å². The largest absolute Gasteiger partial charge is 0.385 e. The molecule has 1 atom stereocenters. The number of piperidine rings is 1. The van der Waals surface area contributed by atoms with Crippen LogP contribution in [0.5, 0.6) is 0 Å². The van der Waals surface area contributed by atoms with Gasteiger partial charge in [0.2, 0.25) is 5.91 Å². The van der Waals surface area contributed by atoms with Crippen molar-refractivity contribution in [2.45, 2.75) is 94.7 Å². The molecule has 222 valence electrons. The fourth-order valence-electron chi connectivity index (χ4n) is 8.04. The third-order valence-corrected chi connectivity index (χ3v) is 10.5. The molecule has 1 unspecified atom stereocenters. The van der Waals surface area contributed by atoms with Gasteiger partial charge in [-0.3, -0.25) is 33.9 Å². The summed E-state index contributed by atoms with van der Waals surface area (Å²) in [6, 6.07) is -1.54. The topological polar surface area (TPSA) is 179 Å². The second kappa shape index (κ2) is 9.73. The maximum atomic E-state index is 13.5. The monoisotopic (exact) mass is 569 g/mol. The highest BCUT2D eigenvalue weighted by Crippen LogP contribution is 2.61. The van der Waals surface area contributed by atoms with Crippen LogP contribution in [-0.2, 0) is 19.2 Å². The lowest BCUT2D eigenvalue weighted by atomic mass is 9.51. The fourth-order valence-corrected chi connectivity index (χ4v) is 8.04. The van der Waals surface area contributed by atoms with Gasteiger partial charge in [0.15, 0.2) is 0 Å². The highest BCUT2D eigenvalue weighted by atomic mass is 16.2. The predicted molar refractivity (Wildman–Crippen MR) is 144 cm³/mol. The van der Waals surface area contributed by atoms with Crippen molar-refractivity contribution in [1.29, 1.82) is 0 Å². The van der Waals surface area contributed by atoms with E-state index in [1.807, 2.05) is 0 Å². The Bertz CT molecular complexity index is 1240. The molecule has 6 rings (SSSR count). The number of imide groups is 3. The first-order chi connectivity index (χ1) is 19.5.